The molecule has 0 unspecified atom stereocenters. The van der Waals surface area contributed by atoms with Crippen LogP contribution in [0.2, 0.25) is 0 Å². The molecule has 3 aliphatic rings. The molecule has 0 N–H and O–H groups in total. The Morgan fingerprint density at radius 3 is 2.30 bits per heavy atom. The van der Waals surface area contributed by atoms with Crippen molar-refractivity contribution in [3.8, 4) is 0 Å². The highest BCUT2D eigenvalue weighted by Crippen LogP contribution is 2.48. The molecule has 5 heteroatoms. The molecule has 30 heavy (non-hydrogen) atoms. The van der Waals surface area contributed by atoms with Crippen LogP contribution in [0.5, 0.6) is 0 Å². The molecule has 4 atom stereocenters. The van der Waals surface area contributed by atoms with E-state index < -0.39 is 17.9 Å². The van der Waals surface area contributed by atoms with Gasteiger partial charge in [0.05, 0.1) is 23.6 Å². The van der Waals surface area contributed by atoms with Gasteiger partial charge in [0, 0.05) is 11.6 Å². The Bertz CT molecular complexity index is 1010. The predicted octanol–water partition coefficient (Wildman–Crippen LogP) is 3.39. The van der Waals surface area contributed by atoms with Crippen LogP contribution in [-0.4, -0.2) is 41.1 Å². The molecule has 3 heterocycles. The Kier molecular flexibility index (Phi) is 4.58. The Morgan fingerprint density at radius 1 is 0.967 bits per heavy atom. The van der Waals surface area contributed by atoms with E-state index in [1.54, 1.807) is 0 Å². The normalized spacial score (nSPS) is 28.1. The molecule has 0 aromatic heterocycles. The predicted molar refractivity (Wildman–Crippen MR) is 114 cm³/mol. The zero-order valence-corrected chi connectivity index (χ0v) is 17.4. The molecule has 2 aromatic carbocycles. The van der Waals surface area contributed by atoms with Crippen LogP contribution in [-0.2, 0) is 16.0 Å². The lowest BCUT2D eigenvalue weighted by Crippen LogP contribution is -2.46. The summed E-state index contributed by atoms with van der Waals surface area (Å²) >= 11 is 0. The molecule has 0 bridgehead atoms. The number of Topliss-reactive ketones (excluding diaryl/α,β-unsaturated/α-hetero) is 1. The fourth-order valence-electron chi connectivity index (χ4n) is 5.54. The summed E-state index contributed by atoms with van der Waals surface area (Å²) in [5, 5.41) is 0. The van der Waals surface area contributed by atoms with Crippen molar-refractivity contribution in [2.24, 2.45) is 11.8 Å². The maximum absolute atomic E-state index is 13.5. The third-order valence-electron chi connectivity index (χ3n) is 7.06. The Labute approximate surface area is 176 Å². The van der Waals surface area contributed by atoms with Gasteiger partial charge in [0.2, 0.25) is 11.8 Å². The fourth-order valence-corrected chi connectivity index (χ4v) is 5.54. The molecule has 5 rings (SSSR count). The largest absolute Gasteiger partial charge is 0.292 e. The van der Waals surface area contributed by atoms with E-state index in [1.165, 1.54) is 4.90 Å². The molecule has 3 aliphatic heterocycles. The maximum Gasteiger partial charge on any atom is 0.239 e. The lowest BCUT2D eigenvalue weighted by atomic mass is 9.85. The highest BCUT2D eigenvalue weighted by atomic mass is 16.2. The Balaban J connectivity index is 1.52. The number of aryl methyl sites for hydroxylation is 2. The van der Waals surface area contributed by atoms with Crippen molar-refractivity contribution < 1.29 is 14.4 Å². The van der Waals surface area contributed by atoms with Gasteiger partial charge in [0.25, 0.3) is 0 Å². The van der Waals surface area contributed by atoms with Gasteiger partial charge in [-0.25, -0.2) is 4.90 Å². The van der Waals surface area contributed by atoms with Crippen LogP contribution in [0.4, 0.5) is 5.69 Å². The third kappa shape index (κ3) is 2.76. The number of amides is 2. The molecular weight excluding hydrogens is 376 g/mol. The van der Waals surface area contributed by atoms with E-state index in [-0.39, 0.29) is 23.6 Å². The number of fused-ring (bicyclic) bond motifs is 3. The van der Waals surface area contributed by atoms with E-state index in [4.69, 9.17) is 0 Å². The summed E-state index contributed by atoms with van der Waals surface area (Å²) in [7, 11) is 0. The average Bonchev–Trinajstić information content (AvgIpc) is 3.40. The number of carbonyl (C=O) groups excluding carboxylic acids is 3. The van der Waals surface area contributed by atoms with Crippen LogP contribution in [0, 0.1) is 18.8 Å². The van der Waals surface area contributed by atoms with Crippen LogP contribution in [0.25, 0.3) is 0 Å². The molecular formula is C25H26N2O3. The molecule has 3 fully saturated rings. The number of carbonyl (C=O) groups is 3. The number of hydrogen-bond acceptors (Lipinski definition) is 4. The van der Waals surface area contributed by atoms with Gasteiger partial charge < -0.3 is 0 Å². The van der Waals surface area contributed by atoms with Crippen molar-refractivity contribution >= 4 is 23.3 Å². The number of nitrogens with zero attached hydrogens (tertiary/aromatic N) is 2. The number of rotatable bonds is 4. The minimum absolute atomic E-state index is 0.0224. The van der Waals surface area contributed by atoms with E-state index in [0.29, 0.717) is 11.3 Å². The van der Waals surface area contributed by atoms with Gasteiger partial charge in [-0.15, -0.1) is 0 Å². The van der Waals surface area contributed by atoms with Gasteiger partial charge in [-0.2, -0.15) is 0 Å². The van der Waals surface area contributed by atoms with Crippen molar-refractivity contribution in [1.82, 2.24) is 4.90 Å². The zero-order chi connectivity index (χ0) is 21.0. The Morgan fingerprint density at radius 2 is 1.63 bits per heavy atom. The van der Waals surface area contributed by atoms with E-state index in [0.717, 1.165) is 36.9 Å². The second-order valence-electron chi connectivity index (χ2n) is 8.71. The summed E-state index contributed by atoms with van der Waals surface area (Å²) < 4.78 is 0. The van der Waals surface area contributed by atoms with Crippen LogP contribution in [0.1, 0.15) is 41.3 Å². The first-order valence-electron chi connectivity index (χ1n) is 10.8. The number of anilines is 1. The lowest BCUT2D eigenvalue weighted by molar-refractivity contribution is -0.123. The SMILES string of the molecule is CCc1ccc(N2C(=O)[C@@H]3[C@H](C2=O)[C@@H](C(=O)c2ccc(C)cc2)N2CCC[C@H]32)cc1. The smallest absolute Gasteiger partial charge is 0.239 e. The van der Waals surface area contributed by atoms with Crippen molar-refractivity contribution in [3.63, 3.8) is 0 Å². The second kappa shape index (κ2) is 7.17. The maximum atomic E-state index is 13.5. The summed E-state index contributed by atoms with van der Waals surface area (Å²) in [6, 6.07) is 14.5. The van der Waals surface area contributed by atoms with Gasteiger partial charge in [-0.05, 0) is 50.4 Å². The molecule has 0 aliphatic carbocycles. The number of hydrogen-bond donors (Lipinski definition) is 0. The molecule has 0 radical (unpaired) electrons. The summed E-state index contributed by atoms with van der Waals surface area (Å²) in [5.41, 5.74) is 3.47. The number of imide groups is 1. The van der Waals surface area contributed by atoms with Crippen molar-refractivity contribution in [2.45, 2.75) is 45.2 Å². The van der Waals surface area contributed by atoms with E-state index in [9.17, 15) is 14.4 Å². The van der Waals surface area contributed by atoms with Crippen molar-refractivity contribution in [1.29, 1.82) is 0 Å². The molecule has 2 amide bonds. The van der Waals surface area contributed by atoms with Gasteiger partial charge in [0.15, 0.2) is 5.78 Å². The first-order valence-corrected chi connectivity index (χ1v) is 10.8. The number of benzene rings is 2. The molecule has 5 nitrogen and oxygen atoms in total. The van der Waals surface area contributed by atoms with Gasteiger partial charge >= 0.3 is 0 Å². The first-order chi connectivity index (χ1) is 14.5. The minimum Gasteiger partial charge on any atom is -0.292 e. The minimum atomic E-state index is -0.595. The molecule has 2 aromatic rings. The Hall–Kier alpha value is -2.79. The van der Waals surface area contributed by atoms with Gasteiger partial charge in [-0.3, -0.25) is 19.3 Å². The van der Waals surface area contributed by atoms with Gasteiger partial charge in [-0.1, -0.05) is 48.9 Å². The summed E-state index contributed by atoms with van der Waals surface area (Å²) in [4.78, 5) is 43.9. The molecule has 0 saturated carbocycles. The van der Waals surface area contributed by atoms with Gasteiger partial charge in [0.1, 0.15) is 0 Å². The monoisotopic (exact) mass is 402 g/mol. The highest BCUT2D eigenvalue weighted by molar-refractivity contribution is 6.24. The standard InChI is InChI=1S/C25H26N2O3/c1-3-16-8-12-18(13-9-16)27-24(29)20-19-5-4-14-26(19)22(21(20)25(27)30)23(28)17-10-6-15(2)7-11-17/h6-13,19-22H,3-5,14H2,1-2H3/t19-,20+,21+,22+/m1/s1. The molecule has 3 saturated heterocycles. The summed E-state index contributed by atoms with van der Waals surface area (Å²) in [6.07, 6.45) is 2.72. The third-order valence-corrected chi connectivity index (χ3v) is 7.06. The first kappa shape index (κ1) is 19.2. The topological polar surface area (TPSA) is 57.7 Å². The van der Waals surface area contributed by atoms with Crippen LogP contribution >= 0.6 is 0 Å². The van der Waals surface area contributed by atoms with E-state index >= 15 is 0 Å². The molecule has 154 valence electrons. The summed E-state index contributed by atoms with van der Waals surface area (Å²) in [5.74, 6) is -1.44. The van der Waals surface area contributed by atoms with Crippen LogP contribution in [0.3, 0.4) is 0 Å². The quantitative estimate of drug-likeness (QED) is 0.581. The average molecular weight is 402 g/mol. The van der Waals surface area contributed by atoms with Crippen LogP contribution < -0.4 is 4.90 Å². The molecule has 0 spiro atoms. The highest BCUT2D eigenvalue weighted by Gasteiger charge is 2.64. The van der Waals surface area contributed by atoms with E-state index in [1.807, 2.05) is 55.5 Å². The number of ketones is 1. The summed E-state index contributed by atoms with van der Waals surface area (Å²) in [6.45, 7) is 4.82. The van der Waals surface area contributed by atoms with E-state index in [2.05, 4.69) is 11.8 Å². The zero-order valence-electron chi connectivity index (χ0n) is 17.4. The van der Waals surface area contributed by atoms with Crippen molar-refractivity contribution in [2.75, 3.05) is 11.4 Å². The second-order valence-corrected chi connectivity index (χ2v) is 8.71. The van der Waals surface area contributed by atoms with Crippen LogP contribution in [0.15, 0.2) is 48.5 Å². The lowest BCUT2D eigenvalue weighted by Gasteiger charge is -2.27. The van der Waals surface area contributed by atoms with Crippen molar-refractivity contribution in [3.05, 3.63) is 65.2 Å². The fraction of sp³-hybridized carbons (Fsp3) is 0.400.